The fraction of sp³-hybridized carbons (Fsp3) is 0.909. The third kappa shape index (κ3) is 11.7. The molecular formula is C11H23NO2S. The molecule has 0 aliphatic carbocycles. The molecule has 90 valence electrons. The monoisotopic (exact) mass is 233 g/mol. The molecule has 2 N–H and O–H groups in total. The number of carboxylic acid groups (broad SMARTS) is 1. The molecule has 0 fully saturated rings. The van der Waals surface area contributed by atoms with Gasteiger partial charge < -0.3 is 10.4 Å². The van der Waals surface area contributed by atoms with Crippen LogP contribution < -0.4 is 5.32 Å². The molecule has 0 saturated carbocycles. The first-order chi connectivity index (χ1) is 7.16. The van der Waals surface area contributed by atoms with Gasteiger partial charge in [-0.2, -0.15) is 11.8 Å². The number of carboxylic acids is 1. The highest BCUT2D eigenvalue weighted by Gasteiger charge is 2.04. The molecule has 0 aromatic carbocycles. The van der Waals surface area contributed by atoms with Crippen molar-refractivity contribution >= 4 is 17.7 Å². The van der Waals surface area contributed by atoms with Gasteiger partial charge >= 0.3 is 5.97 Å². The molecule has 0 aliphatic rings. The minimum atomic E-state index is -0.685. The van der Waals surface area contributed by atoms with Crippen molar-refractivity contribution in [2.45, 2.75) is 32.6 Å². The van der Waals surface area contributed by atoms with Crippen LogP contribution in [0, 0.1) is 5.92 Å². The molecule has 0 saturated heterocycles. The first-order valence-electron chi connectivity index (χ1n) is 5.58. The fourth-order valence-corrected chi connectivity index (χ4v) is 1.76. The summed E-state index contributed by atoms with van der Waals surface area (Å²) in [5.74, 6) is 1.03. The number of aliphatic carboxylic acids is 1. The second-order valence-corrected chi connectivity index (χ2v) is 4.91. The van der Waals surface area contributed by atoms with E-state index in [0.29, 0.717) is 12.3 Å². The molecule has 1 atom stereocenters. The molecule has 0 aromatic heterocycles. The molecule has 4 heteroatoms. The maximum Gasteiger partial charge on any atom is 0.303 e. The van der Waals surface area contributed by atoms with E-state index in [2.05, 4.69) is 18.5 Å². The van der Waals surface area contributed by atoms with Crippen molar-refractivity contribution < 1.29 is 9.90 Å². The lowest BCUT2D eigenvalue weighted by Gasteiger charge is -2.10. The summed E-state index contributed by atoms with van der Waals surface area (Å²) in [6.07, 6.45) is 5.50. The van der Waals surface area contributed by atoms with Gasteiger partial charge in [-0.3, -0.25) is 4.79 Å². The van der Waals surface area contributed by atoms with Crippen molar-refractivity contribution in [3.63, 3.8) is 0 Å². The number of hydrogen-bond donors (Lipinski definition) is 2. The number of thioether (sulfide) groups is 1. The Morgan fingerprint density at radius 3 is 2.73 bits per heavy atom. The van der Waals surface area contributed by atoms with E-state index >= 15 is 0 Å². The Kier molecular flexibility index (Phi) is 10.2. The van der Waals surface area contributed by atoms with E-state index in [-0.39, 0.29) is 0 Å². The molecule has 1 unspecified atom stereocenters. The quantitative estimate of drug-likeness (QED) is 0.568. The molecule has 0 bridgehead atoms. The SMILES string of the molecule is CSCCCNCCC(C)CCC(=O)O. The third-order valence-corrected chi connectivity index (χ3v) is 3.06. The van der Waals surface area contributed by atoms with E-state index < -0.39 is 5.97 Å². The van der Waals surface area contributed by atoms with Crippen molar-refractivity contribution in [2.24, 2.45) is 5.92 Å². The largest absolute Gasteiger partial charge is 0.481 e. The molecule has 0 aromatic rings. The predicted octanol–water partition coefficient (Wildman–Crippen LogP) is 2.22. The number of hydrogen-bond acceptors (Lipinski definition) is 3. The van der Waals surface area contributed by atoms with Crippen LogP contribution in [0.2, 0.25) is 0 Å². The van der Waals surface area contributed by atoms with E-state index in [1.807, 2.05) is 11.8 Å². The van der Waals surface area contributed by atoms with Crippen LogP contribution in [0.15, 0.2) is 0 Å². The van der Waals surface area contributed by atoms with Crippen molar-refractivity contribution in [1.29, 1.82) is 0 Å². The molecule has 0 amide bonds. The van der Waals surface area contributed by atoms with E-state index in [9.17, 15) is 4.79 Å². The zero-order valence-electron chi connectivity index (χ0n) is 9.79. The average Bonchev–Trinajstić information content (AvgIpc) is 2.20. The number of rotatable bonds is 10. The maximum absolute atomic E-state index is 10.3. The van der Waals surface area contributed by atoms with Gasteiger partial charge in [0.05, 0.1) is 0 Å². The van der Waals surface area contributed by atoms with Gasteiger partial charge in [0.2, 0.25) is 0 Å². The molecule has 0 rings (SSSR count). The lowest BCUT2D eigenvalue weighted by Crippen LogP contribution is -2.19. The van der Waals surface area contributed by atoms with Gasteiger partial charge in [-0.1, -0.05) is 6.92 Å². The zero-order valence-corrected chi connectivity index (χ0v) is 10.6. The number of carbonyl (C=O) groups is 1. The van der Waals surface area contributed by atoms with Gasteiger partial charge in [-0.05, 0) is 50.3 Å². The first kappa shape index (κ1) is 14.8. The molecule has 0 heterocycles. The van der Waals surface area contributed by atoms with E-state index in [0.717, 1.165) is 25.9 Å². The van der Waals surface area contributed by atoms with Crippen LogP contribution in [-0.4, -0.2) is 36.2 Å². The number of nitrogens with one attached hydrogen (secondary N) is 1. The van der Waals surface area contributed by atoms with Crippen molar-refractivity contribution in [1.82, 2.24) is 5.32 Å². The highest BCUT2D eigenvalue weighted by molar-refractivity contribution is 7.98. The lowest BCUT2D eigenvalue weighted by atomic mass is 10.0. The van der Waals surface area contributed by atoms with Crippen LogP contribution >= 0.6 is 11.8 Å². The second kappa shape index (κ2) is 10.3. The van der Waals surface area contributed by atoms with Gasteiger partial charge in [0.25, 0.3) is 0 Å². The Bertz CT molecular complexity index is 165. The predicted molar refractivity (Wildman–Crippen MR) is 66.5 cm³/mol. The minimum Gasteiger partial charge on any atom is -0.481 e. The first-order valence-corrected chi connectivity index (χ1v) is 6.97. The van der Waals surface area contributed by atoms with Gasteiger partial charge in [0.15, 0.2) is 0 Å². The summed E-state index contributed by atoms with van der Waals surface area (Å²) in [7, 11) is 0. The Morgan fingerprint density at radius 1 is 1.40 bits per heavy atom. The third-order valence-electron chi connectivity index (χ3n) is 2.37. The van der Waals surface area contributed by atoms with Gasteiger partial charge in [-0.15, -0.1) is 0 Å². The molecule has 0 spiro atoms. The molecule has 0 radical (unpaired) electrons. The Balaban J connectivity index is 3.16. The van der Waals surface area contributed by atoms with Crippen LogP contribution in [0.25, 0.3) is 0 Å². The normalized spacial score (nSPS) is 12.7. The van der Waals surface area contributed by atoms with Crippen molar-refractivity contribution in [2.75, 3.05) is 25.1 Å². The minimum absolute atomic E-state index is 0.299. The summed E-state index contributed by atoms with van der Waals surface area (Å²) >= 11 is 1.87. The maximum atomic E-state index is 10.3. The molecule has 0 aliphatic heterocycles. The summed E-state index contributed by atoms with van der Waals surface area (Å²) in [4.78, 5) is 10.3. The average molecular weight is 233 g/mol. The summed E-state index contributed by atoms with van der Waals surface area (Å²) in [6, 6.07) is 0. The Hall–Kier alpha value is -0.220. The van der Waals surface area contributed by atoms with Crippen LogP contribution in [0.4, 0.5) is 0 Å². The summed E-state index contributed by atoms with van der Waals surface area (Å²) in [5.41, 5.74) is 0. The summed E-state index contributed by atoms with van der Waals surface area (Å²) in [5, 5.41) is 11.9. The summed E-state index contributed by atoms with van der Waals surface area (Å²) < 4.78 is 0. The standard InChI is InChI=1S/C11H23NO2S/c1-10(4-5-11(13)14)6-8-12-7-3-9-15-2/h10,12H,3-9H2,1-2H3,(H,13,14). The van der Waals surface area contributed by atoms with E-state index in [1.54, 1.807) is 0 Å². The highest BCUT2D eigenvalue weighted by atomic mass is 32.2. The van der Waals surface area contributed by atoms with Crippen LogP contribution in [0.5, 0.6) is 0 Å². The Morgan fingerprint density at radius 2 is 2.13 bits per heavy atom. The Labute approximate surface area is 97.0 Å². The van der Waals surface area contributed by atoms with Gasteiger partial charge in [0, 0.05) is 6.42 Å². The molecule has 3 nitrogen and oxygen atoms in total. The molecular weight excluding hydrogens is 210 g/mol. The van der Waals surface area contributed by atoms with Crippen molar-refractivity contribution in [3.05, 3.63) is 0 Å². The zero-order chi connectivity index (χ0) is 11.5. The highest BCUT2D eigenvalue weighted by Crippen LogP contribution is 2.08. The van der Waals surface area contributed by atoms with Crippen LogP contribution in [-0.2, 0) is 4.79 Å². The van der Waals surface area contributed by atoms with Crippen LogP contribution in [0.1, 0.15) is 32.6 Å². The van der Waals surface area contributed by atoms with E-state index in [4.69, 9.17) is 5.11 Å². The second-order valence-electron chi connectivity index (χ2n) is 3.92. The fourth-order valence-electron chi connectivity index (χ4n) is 1.33. The lowest BCUT2D eigenvalue weighted by molar-refractivity contribution is -0.137. The van der Waals surface area contributed by atoms with Crippen LogP contribution in [0.3, 0.4) is 0 Å². The smallest absolute Gasteiger partial charge is 0.303 e. The summed E-state index contributed by atoms with van der Waals surface area (Å²) in [6.45, 7) is 4.20. The van der Waals surface area contributed by atoms with Gasteiger partial charge in [0.1, 0.15) is 0 Å². The van der Waals surface area contributed by atoms with E-state index in [1.165, 1.54) is 12.2 Å². The van der Waals surface area contributed by atoms with Crippen molar-refractivity contribution in [3.8, 4) is 0 Å². The topological polar surface area (TPSA) is 49.3 Å². The van der Waals surface area contributed by atoms with Gasteiger partial charge in [-0.25, -0.2) is 0 Å². The molecule has 15 heavy (non-hydrogen) atoms.